The molecule has 3 heteroatoms. The van der Waals surface area contributed by atoms with Crippen LogP contribution in [-0.2, 0) is 0 Å². The van der Waals surface area contributed by atoms with Crippen molar-refractivity contribution in [3.05, 3.63) is 30.3 Å². The molecule has 0 amide bonds. The summed E-state index contributed by atoms with van der Waals surface area (Å²) in [6, 6.07) is 10.1. The van der Waals surface area contributed by atoms with Crippen LogP contribution < -0.4 is 5.32 Å². The molecule has 1 aromatic carbocycles. The Morgan fingerprint density at radius 3 is 2.46 bits per heavy atom. The van der Waals surface area contributed by atoms with Gasteiger partial charge >= 0.3 is 0 Å². The van der Waals surface area contributed by atoms with Crippen molar-refractivity contribution in [1.29, 1.82) is 0 Å². The fourth-order valence-electron chi connectivity index (χ4n) is 1.18. The molecule has 1 N–H and O–H groups in total. The minimum Gasteiger partial charge on any atom is -0.381 e. The first-order chi connectivity index (χ1) is 6.45. The standard InChI is InChI=1S/C10H11N3/c1-2-4-9(5-3-1)13-8-10-11-6-7-12-10/h1-7,10,13H,8H2. The summed E-state index contributed by atoms with van der Waals surface area (Å²) in [6.45, 7) is 0.761. The van der Waals surface area contributed by atoms with Gasteiger partial charge in [0.1, 0.15) is 0 Å². The second-order valence-corrected chi connectivity index (χ2v) is 2.82. The lowest BCUT2D eigenvalue weighted by Crippen LogP contribution is -2.13. The molecule has 0 atom stereocenters. The maximum atomic E-state index is 4.14. The van der Waals surface area contributed by atoms with Gasteiger partial charge in [0.2, 0.25) is 0 Å². The highest BCUT2D eigenvalue weighted by atomic mass is 15.1. The van der Waals surface area contributed by atoms with Gasteiger partial charge in [0, 0.05) is 18.1 Å². The topological polar surface area (TPSA) is 36.8 Å². The molecule has 1 aliphatic heterocycles. The average molecular weight is 173 g/mol. The normalized spacial score (nSPS) is 15.1. The zero-order chi connectivity index (χ0) is 8.93. The van der Waals surface area contributed by atoms with Gasteiger partial charge in [-0.1, -0.05) is 18.2 Å². The molecule has 0 aliphatic carbocycles. The number of anilines is 1. The first kappa shape index (κ1) is 7.98. The van der Waals surface area contributed by atoms with Crippen LogP contribution in [0.5, 0.6) is 0 Å². The van der Waals surface area contributed by atoms with Crippen LogP contribution in [0.15, 0.2) is 40.3 Å². The molecule has 0 bridgehead atoms. The molecule has 2 rings (SSSR count). The predicted molar refractivity (Wildman–Crippen MR) is 55.7 cm³/mol. The van der Waals surface area contributed by atoms with E-state index in [1.54, 1.807) is 12.4 Å². The highest BCUT2D eigenvalue weighted by Gasteiger charge is 2.04. The van der Waals surface area contributed by atoms with Crippen molar-refractivity contribution in [2.45, 2.75) is 6.17 Å². The van der Waals surface area contributed by atoms with E-state index in [0.29, 0.717) is 0 Å². The molecule has 0 aromatic heterocycles. The van der Waals surface area contributed by atoms with E-state index >= 15 is 0 Å². The number of rotatable bonds is 3. The van der Waals surface area contributed by atoms with Crippen LogP contribution in [0.4, 0.5) is 5.69 Å². The Bertz CT molecular complexity index is 304. The van der Waals surface area contributed by atoms with E-state index < -0.39 is 0 Å². The average Bonchev–Trinajstić information content (AvgIpc) is 2.69. The molecule has 0 fully saturated rings. The molecule has 1 aliphatic rings. The lowest BCUT2D eigenvalue weighted by Gasteiger charge is -2.07. The second-order valence-electron chi connectivity index (χ2n) is 2.82. The summed E-state index contributed by atoms with van der Waals surface area (Å²) in [7, 11) is 0. The Kier molecular flexibility index (Phi) is 2.36. The van der Waals surface area contributed by atoms with Crippen molar-refractivity contribution in [2.24, 2.45) is 9.98 Å². The summed E-state index contributed by atoms with van der Waals surface area (Å²) < 4.78 is 0. The largest absolute Gasteiger partial charge is 0.381 e. The van der Waals surface area contributed by atoms with E-state index in [1.807, 2.05) is 30.3 Å². The SMILES string of the molecule is C1=NC(CNc2ccccc2)N=C1. The van der Waals surface area contributed by atoms with Crippen molar-refractivity contribution < 1.29 is 0 Å². The Morgan fingerprint density at radius 2 is 1.77 bits per heavy atom. The van der Waals surface area contributed by atoms with E-state index in [1.165, 1.54) is 0 Å². The Morgan fingerprint density at radius 1 is 1.08 bits per heavy atom. The minimum atomic E-state index is 0.0557. The highest BCUT2D eigenvalue weighted by molar-refractivity contribution is 6.17. The van der Waals surface area contributed by atoms with E-state index in [9.17, 15) is 0 Å². The third-order valence-corrected chi connectivity index (χ3v) is 1.85. The molecule has 0 spiro atoms. The molecule has 1 aromatic rings. The highest BCUT2D eigenvalue weighted by Crippen LogP contribution is 2.06. The number of aliphatic imine (C=N–C) groups is 2. The molecule has 66 valence electrons. The zero-order valence-corrected chi connectivity index (χ0v) is 7.22. The maximum Gasteiger partial charge on any atom is 0.156 e. The van der Waals surface area contributed by atoms with Gasteiger partial charge in [0.15, 0.2) is 6.17 Å². The van der Waals surface area contributed by atoms with E-state index in [0.717, 1.165) is 12.2 Å². The summed E-state index contributed by atoms with van der Waals surface area (Å²) in [6.07, 6.45) is 3.52. The van der Waals surface area contributed by atoms with Crippen LogP contribution in [0.1, 0.15) is 0 Å². The van der Waals surface area contributed by atoms with Gasteiger partial charge in [0.05, 0.1) is 6.54 Å². The molecule has 1 heterocycles. The number of nitrogens with zero attached hydrogens (tertiary/aromatic N) is 2. The van der Waals surface area contributed by atoms with Gasteiger partial charge in [-0.25, -0.2) is 0 Å². The van der Waals surface area contributed by atoms with Crippen LogP contribution in [0.3, 0.4) is 0 Å². The first-order valence-corrected chi connectivity index (χ1v) is 4.29. The fraction of sp³-hybridized carbons (Fsp3) is 0.200. The molecular weight excluding hydrogens is 162 g/mol. The molecular formula is C10H11N3. The van der Waals surface area contributed by atoms with Crippen LogP contribution >= 0.6 is 0 Å². The molecule has 0 unspecified atom stereocenters. The summed E-state index contributed by atoms with van der Waals surface area (Å²) in [4.78, 5) is 8.28. The minimum absolute atomic E-state index is 0.0557. The quantitative estimate of drug-likeness (QED) is 0.740. The molecule has 13 heavy (non-hydrogen) atoms. The third kappa shape index (κ3) is 2.15. The van der Waals surface area contributed by atoms with Crippen molar-refractivity contribution in [2.75, 3.05) is 11.9 Å². The third-order valence-electron chi connectivity index (χ3n) is 1.85. The van der Waals surface area contributed by atoms with E-state index in [4.69, 9.17) is 0 Å². The van der Waals surface area contributed by atoms with Gasteiger partial charge in [-0.05, 0) is 12.1 Å². The number of hydrogen-bond acceptors (Lipinski definition) is 3. The summed E-state index contributed by atoms with van der Waals surface area (Å²) in [5.41, 5.74) is 1.11. The number of hydrogen-bond donors (Lipinski definition) is 1. The van der Waals surface area contributed by atoms with Gasteiger partial charge in [-0.2, -0.15) is 0 Å². The fourth-order valence-corrected chi connectivity index (χ4v) is 1.18. The lowest BCUT2D eigenvalue weighted by atomic mass is 10.3. The van der Waals surface area contributed by atoms with Crippen LogP contribution in [0, 0.1) is 0 Å². The number of para-hydroxylation sites is 1. The van der Waals surface area contributed by atoms with Crippen molar-refractivity contribution >= 4 is 18.1 Å². The van der Waals surface area contributed by atoms with Crippen LogP contribution in [0.2, 0.25) is 0 Å². The second kappa shape index (κ2) is 3.85. The van der Waals surface area contributed by atoms with Gasteiger partial charge < -0.3 is 5.32 Å². The molecule has 0 radical (unpaired) electrons. The zero-order valence-electron chi connectivity index (χ0n) is 7.22. The summed E-state index contributed by atoms with van der Waals surface area (Å²) >= 11 is 0. The summed E-state index contributed by atoms with van der Waals surface area (Å²) in [5, 5.41) is 3.26. The first-order valence-electron chi connectivity index (χ1n) is 4.29. The Hall–Kier alpha value is -1.64. The molecule has 0 saturated carbocycles. The molecule has 0 saturated heterocycles. The van der Waals surface area contributed by atoms with E-state index in [-0.39, 0.29) is 6.17 Å². The van der Waals surface area contributed by atoms with Crippen LogP contribution in [-0.4, -0.2) is 25.1 Å². The smallest absolute Gasteiger partial charge is 0.156 e. The van der Waals surface area contributed by atoms with Crippen molar-refractivity contribution in [3.63, 3.8) is 0 Å². The maximum absolute atomic E-state index is 4.14. The number of nitrogens with one attached hydrogen (secondary N) is 1. The Labute approximate surface area is 77.2 Å². The predicted octanol–water partition coefficient (Wildman–Crippen LogP) is 1.58. The monoisotopic (exact) mass is 173 g/mol. The van der Waals surface area contributed by atoms with Gasteiger partial charge in [-0.15, -0.1) is 0 Å². The van der Waals surface area contributed by atoms with Crippen molar-refractivity contribution in [3.8, 4) is 0 Å². The lowest BCUT2D eigenvalue weighted by molar-refractivity contribution is 0.767. The summed E-state index contributed by atoms with van der Waals surface area (Å²) in [5.74, 6) is 0. The molecule has 3 nitrogen and oxygen atoms in total. The van der Waals surface area contributed by atoms with Crippen LogP contribution in [0.25, 0.3) is 0 Å². The van der Waals surface area contributed by atoms with Crippen molar-refractivity contribution in [1.82, 2.24) is 0 Å². The van der Waals surface area contributed by atoms with Gasteiger partial charge in [0.25, 0.3) is 0 Å². The van der Waals surface area contributed by atoms with E-state index in [2.05, 4.69) is 15.3 Å². The Balaban J connectivity index is 1.86. The number of benzene rings is 1. The van der Waals surface area contributed by atoms with Gasteiger partial charge in [-0.3, -0.25) is 9.98 Å².